The summed E-state index contributed by atoms with van der Waals surface area (Å²) >= 11 is 0. The maximum atomic E-state index is 6.66. The van der Waals surface area contributed by atoms with Crippen LogP contribution in [0, 0.1) is 5.92 Å². The van der Waals surface area contributed by atoms with Crippen molar-refractivity contribution in [1.82, 2.24) is 9.13 Å². The standard InChI is InChI=1S/C52H47N5/c1-3-15-41-42(16-4-2)50(54)57(49(41)53)39-31-27-35(28-32-39)34-25-29-38(30-26-34)56-47-24-14-12-21-40(47)44-33-46-48(55-51(44)56)43-22-11-13-23-45(43)52(46,36-17-7-5-8-18-36)37-19-9-6-10-20-37/h3-5,7-9,12-21,23-32,46H,6,10-11,22,33,53-54H2,1-2H3/b15-3-,16-4-. The first-order chi connectivity index (χ1) is 28.0. The van der Waals surface area contributed by atoms with E-state index in [4.69, 9.17) is 16.5 Å². The molecule has 3 aliphatic carbocycles. The third kappa shape index (κ3) is 5.25. The predicted octanol–water partition coefficient (Wildman–Crippen LogP) is 12.4. The zero-order valence-electron chi connectivity index (χ0n) is 32.6. The van der Waals surface area contributed by atoms with E-state index in [2.05, 4.69) is 138 Å². The van der Waals surface area contributed by atoms with Crippen LogP contribution in [-0.4, -0.2) is 14.8 Å². The molecular formula is C52H47N5. The second-order valence-corrected chi connectivity index (χ2v) is 15.6. The zero-order chi connectivity index (χ0) is 38.7. The lowest BCUT2D eigenvalue weighted by Gasteiger charge is -2.41. The fourth-order valence-corrected chi connectivity index (χ4v) is 10.2. The van der Waals surface area contributed by atoms with Crippen molar-refractivity contribution < 1.29 is 0 Å². The van der Waals surface area contributed by atoms with Crippen molar-refractivity contribution in [2.75, 3.05) is 11.5 Å². The summed E-state index contributed by atoms with van der Waals surface area (Å²) in [6.07, 6.45) is 25.3. The molecular weight excluding hydrogens is 695 g/mol. The number of aliphatic imine (C=N–C) groups is 1. The zero-order valence-corrected chi connectivity index (χ0v) is 32.6. The van der Waals surface area contributed by atoms with E-state index < -0.39 is 0 Å². The van der Waals surface area contributed by atoms with Gasteiger partial charge in [0.05, 0.1) is 16.6 Å². The van der Waals surface area contributed by atoms with Crippen LogP contribution in [0.3, 0.4) is 0 Å². The van der Waals surface area contributed by atoms with E-state index in [1.54, 1.807) is 0 Å². The number of benzene rings is 4. The summed E-state index contributed by atoms with van der Waals surface area (Å²) in [5.41, 5.74) is 28.7. The largest absolute Gasteiger partial charge is 0.384 e. The lowest BCUT2D eigenvalue weighted by Crippen LogP contribution is -2.40. The summed E-state index contributed by atoms with van der Waals surface area (Å²) < 4.78 is 4.33. The van der Waals surface area contributed by atoms with Crippen LogP contribution in [0.4, 0.5) is 17.5 Å². The number of para-hydroxylation sites is 1. The minimum Gasteiger partial charge on any atom is -0.384 e. The molecule has 3 heterocycles. The lowest BCUT2D eigenvalue weighted by atomic mass is 9.60. The second-order valence-electron chi connectivity index (χ2n) is 15.6. The molecule has 5 heteroatoms. The van der Waals surface area contributed by atoms with Crippen LogP contribution in [0.2, 0.25) is 0 Å². The summed E-state index contributed by atoms with van der Waals surface area (Å²) in [5.74, 6) is 2.54. The number of hydrogen-bond donors (Lipinski definition) is 2. The SMILES string of the molecule is C/C=C\c1c(/C=C\C)c(N)n(-c2ccc(-c3ccc(-n4c5c(c6ccccc64)CC4C(=N5)C5=C(C=CCC5)C4(C4=CCCC=C4)c4ccccc4)cc3)cc2)c1N. The first-order valence-corrected chi connectivity index (χ1v) is 20.3. The Morgan fingerprint density at radius 3 is 1.96 bits per heavy atom. The number of fused-ring (bicyclic) bond motifs is 5. The van der Waals surface area contributed by atoms with Crippen LogP contribution >= 0.6 is 0 Å². The number of rotatable bonds is 7. The van der Waals surface area contributed by atoms with Gasteiger partial charge in [0.2, 0.25) is 0 Å². The van der Waals surface area contributed by atoms with E-state index in [0.29, 0.717) is 11.6 Å². The summed E-state index contributed by atoms with van der Waals surface area (Å²) in [5, 5.41) is 1.28. The molecule has 10 rings (SSSR count). The van der Waals surface area contributed by atoms with Gasteiger partial charge in [0, 0.05) is 39.4 Å². The van der Waals surface area contributed by atoms with Crippen molar-refractivity contribution in [3.8, 4) is 22.5 Å². The fraction of sp³-hybridized carbons (Fsp3) is 0.173. The van der Waals surface area contributed by atoms with Gasteiger partial charge in [0.25, 0.3) is 0 Å². The Balaban J connectivity index is 1.06. The van der Waals surface area contributed by atoms with Crippen molar-refractivity contribution in [3.63, 3.8) is 0 Å². The minimum atomic E-state index is -0.274. The average Bonchev–Trinajstić information content (AvgIpc) is 3.83. The van der Waals surface area contributed by atoms with E-state index in [1.165, 1.54) is 44.5 Å². The number of nitrogens with two attached hydrogens (primary N) is 2. The van der Waals surface area contributed by atoms with E-state index in [0.717, 1.165) is 71.6 Å². The Labute approximate surface area is 335 Å². The van der Waals surface area contributed by atoms with Crippen LogP contribution in [0.5, 0.6) is 0 Å². The van der Waals surface area contributed by atoms with E-state index in [1.807, 2.05) is 42.7 Å². The molecule has 0 radical (unpaired) electrons. The molecule has 2 aromatic heterocycles. The molecule has 0 saturated carbocycles. The van der Waals surface area contributed by atoms with Gasteiger partial charge in [-0.25, -0.2) is 4.99 Å². The van der Waals surface area contributed by atoms with Gasteiger partial charge in [-0.05, 0) is 110 Å². The number of allylic oxidation sites excluding steroid dienone is 10. The molecule has 57 heavy (non-hydrogen) atoms. The summed E-state index contributed by atoms with van der Waals surface area (Å²) in [6, 6.07) is 37.5. The lowest BCUT2D eigenvalue weighted by molar-refractivity contribution is 0.479. The van der Waals surface area contributed by atoms with Crippen LogP contribution in [0.1, 0.15) is 61.8 Å². The van der Waals surface area contributed by atoms with Crippen molar-refractivity contribution in [3.05, 3.63) is 185 Å². The molecule has 4 N–H and O–H groups in total. The predicted molar refractivity (Wildman–Crippen MR) is 241 cm³/mol. The van der Waals surface area contributed by atoms with Crippen molar-refractivity contribution in [1.29, 1.82) is 0 Å². The van der Waals surface area contributed by atoms with Crippen LogP contribution in [0.15, 0.2) is 167 Å². The minimum absolute atomic E-state index is 0.209. The highest BCUT2D eigenvalue weighted by Crippen LogP contribution is 2.59. The summed E-state index contributed by atoms with van der Waals surface area (Å²) in [6.45, 7) is 3.98. The van der Waals surface area contributed by atoms with Crippen molar-refractivity contribution in [2.24, 2.45) is 10.9 Å². The maximum absolute atomic E-state index is 6.66. The molecule has 0 spiro atoms. The maximum Gasteiger partial charge on any atom is 0.141 e. The highest BCUT2D eigenvalue weighted by atomic mass is 15.1. The topological polar surface area (TPSA) is 74.3 Å². The highest BCUT2D eigenvalue weighted by Gasteiger charge is 2.55. The normalized spacial score (nSPS) is 20.0. The Hall–Kier alpha value is -6.59. The third-order valence-electron chi connectivity index (χ3n) is 12.6. The summed E-state index contributed by atoms with van der Waals surface area (Å²) in [4.78, 5) is 5.79. The molecule has 1 aliphatic heterocycles. The Kier molecular flexibility index (Phi) is 8.48. The van der Waals surface area contributed by atoms with Gasteiger partial charge in [0.15, 0.2) is 0 Å². The molecule has 0 bridgehead atoms. The molecule has 4 aliphatic rings. The molecule has 4 aromatic carbocycles. The molecule has 0 saturated heterocycles. The van der Waals surface area contributed by atoms with Gasteiger partial charge in [-0.1, -0.05) is 127 Å². The highest BCUT2D eigenvalue weighted by molar-refractivity contribution is 6.12. The van der Waals surface area contributed by atoms with Crippen molar-refractivity contribution in [2.45, 2.75) is 51.4 Å². The first-order valence-electron chi connectivity index (χ1n) is 20.3. The van der Waals surface area contributed by atoms with Gasteiger partial charge < -0.3 is 11.5 Å². The Bertz CT molecular complexity index is 2740. The molecule has 0 fully saturated rings. The Morgan fingerprint density at radius 1 is 0.684 bits per heavy atom. The number of hydrogen-bond acceptors (Lipinski definition) is 3. The van der Waals surface area contributed by atoms with Crippen LogP contribution in [0.25, 0.3) is 45.6 Å². The molecule has 2 atom stereocenters. The molecule has 5 nitrogen and oxygen atoms in total. The van der Waals surface area contributed by atoms with Gasteiger partial charge in [0.1, 0.15) is 17.5 Å². The third-order valence-corrected chi connectivity index (χ3v) is 12.6. The number of nitrogen functional groups attached to an aromatic ring is 2. The monoisotopic (exact) mass is 741 g/mol. The molecule has 280 valence electrons. The second kappa shape index (κ2) is 13.9. The van der Waals surface area contributed by atoms with E-state index >= 15 is 0 Å². The number of aromatic nitrogens is 2. The van der Waals surface area contributed by atoms with Gasteiger partial charge in [-0.3, -0.25) is 9.13 Å². The van der Waals surface area contributed by atoms with Gasteiger partial charge >= 0.3 is 0 Å². The van der Waals surface area contributed by atoms with Crippen LogP contribution < -0.4 is 11.5 Å². The van der Waals surface area contributed by atoms with E-state index in [9.17, 15) is 0 Å². The molecule has 6 aromatic rings. The van der Waals surface area contributed by atoms with E-state index in [-0.39, 0.29) is 11.3 Å². The number of nitrogens with zero attached hydrogens (tertiary/aromatic N) is 3. The fourth-order valence-electron chi connectivity index (χ4n) is 10.2. The van der Waals surface area contributed by atoms with Crippen LogP contribution in [-0.2, 0) is 11.8 Å². The van der Waals surface area contributed by atoms with Gasteiger partial charge in [-0.2, -0.15) is 0 Å². The molecule has 0 amide bonds. The van der Waals surface area contributed by atoms with Crippen molar-refractivity contribution >= 4 is 46.2 Å². The summed E-state index contributed by atoms with van der Waals surface area (Å²) in [7, 11) is 0. The Morgan fingerprint density at radius 2 is 1.32 bits per heavy atom. The quantitative estimate of drug-likeness (QED) is 0.171. The van der Waals surface area contributed by atoms with Gasteiger partial charge in [-0.15, -0.1) is 0 Å². The average molecular weight is 742 g/mol. The smallest absolute Gasteiger partial charge is 0.141 e. The number of anilines is 2. The molecule has 2 unspecified atom stereocenters. The first kappa shape index (κ1) is 34.9.